The van der Waals surface area contributed by atoms with Crippen LogP contribution >= 0.6 is 23.8 Å². The lowest BCUT2D eigenvalue weighted by Crippen LogP contribution is -2.37. The second kappa shape index (κ2) is 9.54. The van der Waals surface area contributed by atoms with E-state index in [1.54, 1.807) is 24.3 Å². The molecule has 1 saturated heterocycles. The number of carbonyl (C=O) groups is 1. The van der Waals surface area contributed by atoms with Crippen molar-refractivity contribution in [1.29, 1.82) is 0 Å². The van der Waals surface area contributed by atoms with Crippen LogP contribution in [0.25, 0.3) is 11.3 Å². The van der Waals surface area contributed by atoms with Gasteiger partial charge in [0, 0.05) is 34.5 Å². The fraction of sp³-hybridized carbons (Fsp3) is 0.250. The van der Waals surface area contributed by atoms with Crippen LogP contribution in [0, 0.1) is 0 Å². The standard InChI is InChI=1S/C24H24ClN3O2S/c1-16-5-2-3-14-28(16)20-10-8-19(9-11-20)26-24(31)27-23(29)22-13-12-21(30-22)17-6-4-7-18(25)15-17/h4,6-13,15-16H,2-3,5,14H2,1H3,(H2,26,27,29,31). The normalized spacial score (nSPS) is 16.1. The Labute approximate surface area is 192 Å². The number of rotatable bonds is 4. The van der Waals surface area contributed by atoms with Crippen LogP contribution in [-0.2, 0) is 0 Å². The molecule has 1 aliphatic heterocycles. The molecule has 1 aromatic heterocycles. The summed E-state index contributed by atoms with van der Waals surface area (Å²) in [5.41, 5.74) is 2.82. The maximum absolute atomic E-state index is 12.5. The number of carbonyl (C=O) groups excluding carboxylic acids is 1. The van der Waals surface area contributed by atoms with E-state index in [2.05, 4.69) is 34.6 Å². The fourth-order valence-corrected chi connectivity index (χ4v) is 4.20. The molecule has 1 amide bonds. The molecule has 0 aliphatic carbocycles. The summed E-state index contributed by atoms with van der Waals surface area (Å²) in [6.07, 6.45) is 3.75. The van der Waals surface area contributed by atoms with Crippen LogP contribution in [0.1, 0.15) is 36.7 Å². The topological polar surface area (TPSA) is 57.5 Å². The van der Waals surface area contributed by atoms with Crippen molar-refractivity contribution in [2.45, 2.75) is 32.2 Å². The predicted molar refractivity (Wildman–Crippen MR) is 130 cm³/mol. The Bertz CT molecular complexity index is 1080. The first-order valence-corrected chi connectivity index (χ1v) is 11.1. The van der Waals surface area contributed by atoms with Crippen molar-refractivity contribution >= 4 is 46.2 Å². The van der Waals surface area contributed by atoms with Crippen LogP contribution in [0.15, 0.2) is 65.1 Å². The maximum Gasteiger partial charge on any atom is 0.293 e. The Morgan fingerprint density at radius 3 is 2.68 bits per heavy atom. The van der Waals surface area contributed by atoms with Crippen LogP contribution in [0.4, 0.5) is 11.4 Å². The molecule has 2 aromatic carbocycles. The third-order valence-electron chi connectivity index (χ3n) is 5.43. The summed E-state index contributed by atoms with van der Waals surface area (Å²) in [6.45, 7) is 3.35. The van der Waals surface area contributed by atoms with E-state index in [4.69, 9.17) is 28.2 Å². The molecule has 0 radical (unpaired) electrons. The van der Waals surface area contributed by atoms with E-state index >= 15 is 0 Å². The number of amides is 1. The average molecular weight is 454 g/mol. The molecule has 1 fully saturated rings. The molecular formula is C24H24ClN3O2S. The zero-order chi connectivity index (χ0) is 21.8. The zero-order valence-corrected chi connectivity index (χ0v) is 18.8. The van der Waals surface area contributed by atoms with Gasteiger partial charge in [0.15, 0.2) is 10.9 Å². The molecule has 5 nitrogen and oxygen atoms in total. The van der Waals surface area contributed by atoms with E-state index in [1.165, 1.54) is 24.9 Å². The summed E-state index contributed by atoms with van der Waals surface area (Å²) in [5.74, 6) is 0.326. The van der Waals surface area contributed by atoms with Gasteiger partial charge in [0.05, 0.1) is 0 Å². The lowest BCUT2D eigenvalue weighted by atomic mass is 10.0. The molecule has 160 valence electrons. The number of benzene rings is 2. The van der Waals surface area contributed by atoms with E-state index in [9.17, 15) is 4.79 Å². The summed E-state index contributed by atoms with van der Waals surface area (Å²) in [6, 6.07) is 19.3. The highest BCUT2D eigenvalue weighted by molar-refractivity contribution is 7.80. The van der Waals surface area contributed by atoms with Gasteiger partial charge in [-0.05, 0) is 86.9 Å². The number of nitrogens with zero attached hydrogens (tertiary/aromatic N) is 1. The number of thiocarbonyl (C=S) groups is 1. The molecule has 3 aromatic rings. The van der Waals surface area contributed by atoms with Gasteiger partial charge in [-0.25, -0.2) is 0 Å². The van der Waals surface area contributed by atoms with Crippen LogP contribution in [0.5, 0.6) is 0 Å². The first-order chi connectivity index (χ1) is 15.0. The van der Waals surface area contributed by atoms with Gasteiger partial charge in [0.25, 0.3) is 5.91 Å². The summed E-state index contributed by atoms with van der Waals surface area (Å²) in [4.78, 5) is 14.9. The highest BCUT2D eigenvalue weighted by atomic mass is 35.5. The molecule has 4 rings (SSSR count). The summed E-state index contributed by atoms with van der Waals surface area (Å²) in [5, 5.41) is 6.52. The monoisotopic (exact) mass is 453 g/mol. The second-order valence-electron chi connectivity index (χ2n) is 7.67. The predicted octanol–water partition coefficient (Wildman–Crippen LogP) is 6.11. The SMILES string of the molecule is CC1CCCCN1c1ccc(NC(=S)NC(=O)c2ccc(-c3cccc(Cl)c3)o2)cc1. The molecule has 1 atom stereocenters. The van der Waals surface area contributed by atoms with Crippen LogP contribution in [0.3, 0.4) is 0 Å². The van der Waals surface area contributed by atoms with Crippen molar-refractivity contribution in [1.82, 2.24) is 5.32 Å². The number of piperidine rings is 1. The Morgan fingerprint density at radius 1 is 1.13 bits per heavy atom. The van der Waals surface area contributed by atoms with E-state index in [0.717, 1.165) is 17.8 Å². The van der Waals surface area contributed by atoms with Crippen molar-refractivity contribution in [2.75, 3.05) is 16.8 Å². The number of hydrogen-bond acceptors (Lipinski definition) is 4. The Morgan fingerprint density at radius 2 is 1.94 bits per heavy atom. The molecule has 0 spiro atoms. The highest BCUT2D eigenvalue weighted by Crippen LogP contribution is 2.26. The zero-order valence-electron chi connectivity index (χ0n) is 17.2. The van der Waals surface area contributed by atoms with Crippen molar-refractivity contribution in [3.63, 3.8) is 0 Å². The van der Waals surface area contributed by atoms with Gasteiger partial charge < -0.3 is 14.6 Å². The number of anilines is 2. The summed E-state index contributed by atoms with van der Waals surface area (Å²) >= 11 is 11.3. The summed E-state index contributed by atoms with van der Waals surface area (Å²) in [7, 11) is 0. The van der Waals surface area contributed by atoms with E-state index in [1.807, 2.05) is 24.3 Å². The maximum atomic E-state index is 12.5. The van der Waals surface area contributed by atoms with Crippen LogP contribution in [0.2, 0.25) is 5.02 Å². The Kier molecular flexibility index (Phi) is 6.59. The van der Waals surface area contributed by atoms with Gasteiger partial charge in [-0.3, -0.25) is 10.1 Å². The third kappa shape index (κ3) is 5.27. The van der Waals surface area contributed by atoms with Gasteiger partial charge in [-0.1, -0.05) is 23.7 Å². The molecule has 1 aliphatic rings. The van der Waals surface area contributed by atoms with E-state index < -0.39 is 5.91 Å². The van der Waals surface area contributed by atoms with Gasteiger partial charge in [-0.2, -0.15) is 0 Å². The minimum absolute atomic E-state index is 0.175. The lowest BCUT2D eigenvalue weighted by Gasteiger charge is -2.35. The first kappa shape index (κ1) is 21.4. The number of halogens is 1. The fourth-order valence-electron chi connectivity index (χ4n) is 3.80. The minimum atomic E-state index is -0.412. The lowest BCUT2D eigenvalue weighted by molar-refractivity contribution is 0.0951. The van der Waals surface area contributed by atoms with Crippen molar-refractivity contribution in [3.8, 4) is 11.3 Å². The highest BCUT2D eigenvalue weighted by Gasteiger charge is 2.18. The smallest absolute Gasteiger partial charge is 0.293 e. The molecular weight excluding hydrogens is 430 g/mol. The number of nitrogens with one attached hydrogen (secondary N) is 2. The van der Waals surface area contributed by atoms with Crippen LogP contribution < -0.4 is 15.5 Å². The minimum Gasteiger partial charge on any atom is -0.451 e. The number of furan rings is 1. The molecule has 2 heterocycles. The molecule has 31 heavy (non-hydrogen) atoms. The third-order valence-corrected chi connectivity index (χ3v) is 5.87. The molecule has 1 unspecified atom stereocenters. The van der Waals surface area contributed by atoms with E-state index in [0.29, 0.717) is 16.8 Å². The van der Waals surface area contributed by atoms with Gasteiger partial charge in [-0.15, -0.1) is 0 Å². The van der Waals surface area contributed by atoms with Gasteiger partial charge in [0.2, 0.25) is 0 Å². The van der Waals surface area contributed by atoms with Crippen molar-refractivity contribution in [2.24, 2.45) is 0 Å². The van der Waals surface area contributed by atoms with Crippen molar-refractivity contribution in [3.05, 3.63) is 71.4 Å². The first-order valence-electron chi connectivity index (χ1n) is 10.3. The molecule has 0 bridgehead atoms. The largest absolute Gasteiger partial charge is 0.451 e. The Hall–Kier alpha value is -2.83. The van der Waals surface area contributed by atoms with Crippen LogP contribution in [-0.4, -0.2) is 23.6 Å². The number of hydrogen-bond donors (Lipinski definition) is 2. The average Bonchev–Trinajstić information content (AvgIpc) is 3.25. The van der Waals surface area contributed by atoms with Crippen molar-refractivity contribution < 1.29 is 9.21 Å². The quantitative estimate of drug-likeness (QED) is 0.467. The molecule has 7 heteroatoms. The summed E-state index contributed by atoms with van der Waals surface area (Å²) < 4.78 is 5.67. The van der Waals surface area contributed by atoms with Gasteiger partial charge in [0.1, 0.15) is 5.76 Å². The molecule has 0 saturated carbocycles. The van der Waals surface area contributed by atoms with E-state index in [-0.39, 0.29) is 10.9 Å². The molecule has 2 N–H and O–H groups in total. The second-order valence-corrected chi connectivity index (χ2v) is 8.51. The Balaban J connectivity index is 1.35. The van der Waals surface area contributed by atoms with Gasteiger partial charge >= 0.3 is 0 Å².